The van der Waals surface area contributed by atoms with Gasteiger partial charge in [0.15, 0.2) is 0 Å². The molecule has 5 atom stereocenters. The fourth-order valence-electron chi connectivity index (χ4n) is 5.48. The number of hydrogen-bond acceptors (Lipinski definition) is 2. The van der Waals surface area contributed by atoms with Crippen LogP contribution in [0.1, 0.15) is 51.3 Å². The molecule has 3 fully saturated rings. The second-order valence-corrected chi connectivity index (χ2v) is 6.93. The molecule has 4 rings (SSSR count). The molecule has 3 aliphatic carbocycles. The van der Waals surface area contributed by atoms with Crippen molar-refractivity contribution in [2.75, 3.05) is 0 Å². The van der Waals surface area contributed by atoms with Gasteiger partial charge in [0.2, 0.25) is 0 Å². The van der Waals surface area contributed by atoms with Crippen molar-refractivity contribution in [3.05, 3.63) is 18.2 Å². The maximum absolute atomic E-state index is 11.3. The molecule has 0 spiro atoms. The highest BCUT2D eigenvalue weighted by Gasteiger charge is 2.62. The summed E-state index contributed by atoms with van der Waals surface area (Å²) in [6.45, 7) is 3.16. The minimum atomic E-state index is -0.630. The lowest BCUT2D eigenvalue weighted by Gasteiger charge is -2.38. The first-order chi connectivity index (χ1) is 9.24. The predicted molar refractivity (Wildman–Crippen MR) is 73.5 cm³/mol. The van der Waals surface area contributed by atoms with Gasteiger partial charge in [0.1, 0.15) is 11.4 Å². The maximum Gasteiger partial charge on any atom is 0.141 e. The van der Waals surface area contributed by atoms with Gasteiger partial charge in [-0.3, -0.25) is 0 Å². The molecule has 3 nitrogen and oxygen atoms in total. The second kappa shape index (κ2) is 4.08. The Labute approximate surface area is 115 Å². The van der Waals surface area contributed by atoms with Crippen molar-refractivity contribution < 1.29 is 5.11 Å². The van der Waals surface area contributed by atoms with Crippen molar-refractivity contribution in [2.24, 2.45) is 23.7 Å². The molecule has 5 unspecified atom stereocenters. The Morgan fingerprint density at radius 1 is 1.42 bits per heavy atom. The molecule has 0 aliphatic heterocycles. The molecule has 3 aliphatic rings. The summed E-state index contributed by atoms with van der Waals surface area (Å²) >= 11 is 0. The third-order valence-electron chi connectivity index (χ3n) is 6.06. The fraction of sp³-hybridized carbons (Fsp3) is 0.812. The molecular weight excluding hydrogens is 236 g/mol. The minimum Gasteiger partial charge on any atom is -0.382 e. The van der Waals surface area contributed by atoms with E-state index in [1.54, 1.807) is 0 Å². The smallest absolute Gasteiger partial charge is 0.141 e. The number of aliphatic hydroxyl groups is 1. The topological polar surface area (TPSA) is 38.0 Å². The molecule has 2 bridgehead atoms. The molecule has 3 heteroatoms. The zero-order valence-corrected chi connectivity index (χ0v) is 11.8. The summed E-state index contributed by atoms with van der Waals surface area (Å²) in [7, 11) is 0. The number of imidazole rings is 1. The van der Waals surface area contributed by atoms with Gasteiger partial charge in [0, 0.05) is 18.9 Å². The Morgan fingerprint density at radius 2 is 2.26 bits per heavy atom. The molecule has 1 N–H and O–H groups in total. The number of nitrogens with zero attached hydrogens (tertiary/aromatic N) is 2. The third kappa shape index (κ3) is 1.51. The molecule has 0 radical (unpaired) electrons. The lowest BCUT2D eigenvalue weighted by atomic mass is 9.72. The first-order valence-electron chi connectivity index (χ1n) is 7.98. The van der Waals surface area contributed by atoms with E-state index in [1.807, 2.05) is 12.4 Å². The normalized spacial score (nSPS) is 43.9. The van der Waals surface area contributed by atoms with Gasteiger partial charge < -0.3 is 9.67 Å². The van der Waals surface area contributed by atoms with Crippen LogP contribution in [0.15, 0.2) is 12.4 Å². The molecule has 19 heavy (non-hydrogen) atoms. The van der Waals surface area contributed by atoms with E-state index in [9.17, 15) is 5.11 Å². The van der Waals surface area contributed by atoms with Gasteiger partial charge in [-0.2, -0.15) is 0 Å². The van der Waals surface area contributed by atoms with Crippen LogP contribution in [0.2, 0.25) is 0 Å². The monoisotopic (exact) mass is 260 g/mol. The van der Waals surface area contributed by atoms with E-state index >= 15 is 0 Å². The molecular formula is C16H24N2O. The van der Waals surface area contributed by atoms with Crippen LogP contribution in [0.3, 0.4) is 0 Å². The Kier molecular flexibility index (Phi) is 2.57. The average Bonchev–Trinajstić information content (AvgIpc) is 3.08. The van der Waals surface area contributed by atoms with Crippen LogP contribution in [0.4, 0.5) is 0 Å². The second-order valence-electron chi connectivity index (χ2n) is 6.93. The molecule has 1 aromatic heterocycles. The zero-order valence-electron chi connectivity index (χ0n) is 11.8. The van der Waals surface area contributed by atoms with E-state index in [4.69, 9.17) is 0 Å². The van der Waals surface area contributed by atoms with Gasteiger partial charge in [-0.05, 0) is 55.8 Å². The molecule has 0 saturated heterocycles. The first kappa shape index (κ1) is 12.0. The van der Waals surface area contributed by atoms with Crippen LogP contribution in [0, 0.1) is 23.7 Å². The van der Waals surface area contributed by atoms with E-state index in [1.165, 1.54) is 25.7 Å². The van der Waals surface area contributed by atoms with Crippen molar-refractivity contribution >= 4 is 0 Å². The van der Waals surface area contributed by atoms with Gasteiger partial charge in [0.05, 0.1) is 0 Å². The highest BCUT2D eigenvalue weighted by Crippen LogP contribution is 2.64. The zero-order chi connectivity index (χ0) is 13.0. The quantitative estimate of drug-likeness (QED) is 0.907. The Morgan fingerprint density at radius 3 is 3.11 bits per heavy atom. The Balaban J connectivity index is 1.69. The number of aromatic nitrogens is 2. The van der Waals surface area contributed by atoms with E-state index in [0.29, 0.717) is 5.92 Å². The molecule has 0 aromatic carbocycles. The van der Waals surface area contributed by atoms with Crippen molar-refractivity contribution in [1.82, 2.24) is 9.55 Å². The van der Waals surface area contributed by atoms with Crippen molar-refractivity contribution in [2.45, 2.75) is 57.6 Å². The fourth-order valence-corrected chi connectivity index (χ4v) is 5.48. The number of fused-ring (bicyclic) bond motifs is 5. The van der Waals surface area contributed by atoms with Gasteiger partial charge >= 0.3 is 0 Å². The van der Waals surface area contributed by atoms with Crippen LogP contribution < -0.4 is 0 Å². The van der Waals surface area contributed by atoms with E-state index in [2.05, 4.69) is 16.5 Å². The summed E-state index contributed by atoms with van der Waals surface area (Å²) < 4.78 is 2.19. The SMILES string of the molecule is CCCn1ccnc1C1(O)CC2CC1C1CCCC21. The molecule has 1 heterocycles. The number of rotatable bonds is 3. The van der Waals surface area contributed by atoms with Crippen LogP contribution >= 0.6 is 0 Å². The van der Waals surface area contributed by atoms with E-state index in [0.717, 1.165) is 43.0 Å². The third-order valence-corrected chi connectivity index (χ3v) is 6.06. The van der Waals surface area contributed by atoms with Gasteiger partial charge in [-0.1, -0.05) is 13.3 Å². The highest BCUT2D eigenvalue weighted by atomic mass is 16.3. The largest absolute Gasteiger partial charge is 0.382 e. The lowest BCUT2D eigenvalue weighted by Crippen LogP contribution is -2.41. The van der Waals surface area contributed by atoms with Gasteiger partial charge in [-0.25, -0.2) is 4.98 Å². The van der Waals surface area contributed by atoms with Crippen LogP contribution in [0.5, 0.6) is 0 Å². The average molecular weight is 260 g/mol. The molecule has 3 saturated carbocycles. The lowest BCUT2D eigenvalue weighted by molar-refractivity contribution is -0.0607. The minimum absolute atomic E-state index is 0.475. The summed E-state index contributed by atoms with van der Waals surface area (Å²) in [4.78, 5) is 4.53. The van der Waals surface area contributed by atoms with Gasteiger partial charge in [-0.15, -0.1) is 0 Å². The van der Waals surface area contributed by atoms with Crippen molar-refractivity contribution in [1.29, 1.82) is 0 Å². The first-order valence-corrected chi connectivity index (χ1v) is 7.98. The Bertz CT molecular complexity index is 483. The van der Waals surface area contributed by atoms with E-state index in [-0.39, 0.29) is 0 Å². The summed E-state index contributed by atoms with van der Waals surface area (Å²) in [6, 6.07) is 0. The summed E-state index contributed by atoms with van der Waals surface area (Å²) in [5, 5.41) is 11.3. The van der Waals surface area contributed by atoms with Crippen molar-refractivity contribution in [3.8, 4) is 0 Å². The molecule has 1 aromatic rings. The van der Waals surface area contributed by atoms with Gasteiger partial charge in [0.25, 0.3) is 0 Å². The highest BCUT2D eigenvalue weighted by molar-refractivity contribution is 5.18. The summed E-state index contributed by atoms with van der Waals surface area (Å²) in [5.41, 5.74) is -0.630. The van der Waals surface area contributed by atoms with E-state index < -0.39 is 5.60 Å². The number of hydrogen-bond donors (Lipinski definition) is 1. The van der Waals surface area contributed by atoms with Crippen LogP contribution in [-0.4, -0.2) is 14.7 Å². The summed E-state index contributed by atoms with van der Waals surface area (Å²) in [5.74, 6) is 3.87. The van der Waals surface area contributed by atoms with Crippen LogP contribution in [-0.2, 0) is 12.1 Å². The number of aryl methyl sites for hydroxylation is 1. The summed E-state index contributed by atoms with van der Waals surface area (Å²) in [6.07, 6.45) is 11.3. The molecule has 104 valence electrons. The predicted octanol–water partition coefficient (Wildman–Crippen LogP) is 2.94. The Hall–Kier alpha value is -0.830. The maximum atomic E-state index is 11.3. The standard InChI is InChI=1S/C16H24N2O/c1-2-7-18-8-6-17-15(18)16(19)10-11-9-14(16)13-5-3-4-12(11)13/h6,8,11-14,19H,2-5,7,9-10H2,1H3. The van der Waals surface area contributed by atoms with Crippen LogP contribution in [0.25, 0.3) is 0 Å². The van der Waals surface area contributed by atoms with Crippen molar-refractivity contribution in [3.63, 3.8) is 0 Å². The molecule has 0 amide bonds.